The zero-order valence-corrected chi connectivity index (χ0v) is 9.24. The van der Waals surface area contributed by atoms with Crippen molar-refractivity contribution in [1.82, 2.24) is 5.32 Å². The molecule has 0 aliphatic heterocycles. The van der Waals surface area contributed by atoms with Crippen molar-refractivity contribution in [1.29, 1.82) is 0 Å². The lowest BCUT2D eigenvalue weighted by Crippen LogP contribution is -2.17. The SMILES string of the molecule is C[C@H](NC/C=C/CCl)c1cccs1. The fraction of sp³-hybridized carbons (Fsp3) is 0.400. The topological polar surface area (TPSA) is 12.0 Å². The molecule has 13 heavy (non-hydrogen) atoms. The van der Waals surface area contributed by atoms with Crippen molar-refractivity contribution in [2.45, 2.75) is 13.0 Å². The van der Waals surface area contributed by atoms with Gasteiger partial charge >= 0.3 is 0 Å². The first-order chi connectivity index (χ1) is 6.34. The summed E-state index contributed by atoms with van der Waals surface area (Å²) in [7, 11) is 0. The van der Waals surface area contributed by atoms with E-state index in [1.165, 1.54) is 4.88 Å². The quantitative estimate of drug-likeness (QED) is 0.588. The first kappa shape index (κ1) is 10.8. The monoisotopic (exact) mass is 215 g/mol. The van der Waals surface area contributed by atoms with Gasteiger partial charge in [-0.15, -0.1) is 22.9 Å². The lowest BCUT2D eigenvalue weighted by molar-refractivity contribution is 0.627. The Labute approximate surface area is 88.4 Å². The molecule has 1 aromatic rings. The third kappa shape index (κ3) is 3.94. The van der Waals surface area contributed by atoms with Gasteiger partial charge in [0, 0.05) is 23.3 Å². The van der Waals surface area contributed by atoms with Gasteiger partial charge in [0.25, 0.3) is 0 Å². The minimum absolute atomic E-state index is 0.431. The number of hydrogen-bond acceptors (Lipinski definition) is 2. The van der Waals surface area contributed by atoms with E-state index in [0.29, 0.717) is 11.9 Å². The third-order valence-electron chi connectivity index (χ3n) is 1.77. The highest BCUT2D eigenvalue weighted by Crippen LogP contribution is 2.17. The normalized spacial score (nSPS) is 13.7. The van der Waals surface area contributed by atoms with Crippen molar-refractivity contribution in [2.75, 3.05) is 12.4 Å². The highest BCUT2D eigenvalue weighted by molar-refractivity contribution is 7.10. The molecule has 3 heteroatoms. The summed E-state index contributed by atoms with van der Waals surface area (Å²) in [6, 6.07) is 4.65. The van der Waals surface area contributed by atoms with Gasteiger partial charge in [0.05, 0.1) is 0 Å². The summed E-state index contributed by atoms with van der Waals surface area (Å²) >= 11 is 7.29. The standard InChI is InChI=1S/C10H14ClNS/c1-9(10-5-4-8-13-10)12-7-3-2-6-11/h2-5,8-9,12H,6-7H2,1H3/b3-2+/t9-/m0/s1. The van der Waals surface area contributed by atoms with E-state index >= 15 is 0 Å². The minimum atomic E-state index is 0.431. The Hall–Kier alpha value is -0.310. The summed E-state index contributed by atoms with van der Waals surface area (Å²) < 4.78 is 0. The molecular formula is C10H14ClNS. The average molecular weight is 216 g/mol. The lowest BCUT2D eigenvalue weighted by atomic mass is 10.3. The summed E-state index contributed by atoms with van der Waals surface area (Å²) in [5, 5.41) is 5.48. The predicted molar refractivity (Wildman–Crippen MR) is 60.6 cm³/mol. The molecule has 0 bridgehead atoms. The van der Waals surface area contributed by atoms with Crippen molar-refractivity contribution in [3.8, 4) is 0 Å². The van der Waals surface area contributed by atoms with Gasteiger partial charge in [0.15, 0.2) is 0 Å². The summed E-state index contributed by atoms with van der Waals surface area (Å²) in [4.78, 5) is 1.37. The molecule has 1 rings (SSSR count). The number of hydrogen-bond donors (Lipinski definition) is 1. The highest BCUT2D eigenvalue weighted by Gasteiger charge is 2.02. The Morgan fingerprint density at radius 2 is 2.46 bits per heavy atom. The van der Waals surface area contributed by atoms with E-state index < -0.39 is 0 Å². The molecule has 1 nitrogen and oxygen atoms in total. The molecule has 0 aliphatic rings. The van der Waals surface area contributed by atoms with Crippen molar-refractivity contribution in [3.63, 3.8) is 0 Å². The number of rotatable bonds is 5. The van der Waals surface area contributed by atoms with Gasteiger partial charge in [-0.1, -0.05) is 18.2 Å². The smallest absolute Gasteiger partial charge is 0.0404 e. The summed E-state index contributed by atoms with van der Waals surface area (Å²) in [6.45, 7) is 3.05. The maximum Gasteiger partial charge on any atom is 0.0404 e. The van der Waals surface area contributed by atoms with Crippen LogP contribution in [0.25, 0.3) is 0 Å². The molecule has 1 N–H and O–H groups in total. The largest absolute Gasteiger partial charge is 0.306 e. The van der Waals surface area contributed by atoms with Crippen molar-refractivity contribution in [2.24, 2.45) is 0 Å². The zero-order chi connectivity index (χ0) is 9.52. The van der Waals surface area contributed by atoms with E-state index in [9.17, 15) is 0 Å². The average Bonchev–Trinajstić information content (AvgIpc) is 2.65. The number of allylic oxidation sites excluding steroid dienone is 1. The van der Waals surface area contributed by atoms with Gasteiger partial charge in [-0.05, 0) is 18.4 Å². The van der Waals surface area contributed by atoms with Crippen LogP contribution in [0.5, 0.6) is 0 Å². The van der Waals surface area contributed by atoms with Crippen LogP contribution in [-0.4, -0.2) is 12.4 Å². The van der Waals surface area contributed by atoms with E-state index in [0.717, 1.165) is 6.54 Å². The van der Waals surface area contributed by atoms with Gasteiger partial charge in [-0.25, -0.2) is 0 Å². The Bertz CT molecular complexity index is 243. The minimum Gasteiger partial charge on any atom is -0.306 e. The molecule has 0 aliphatic carbocycles. The van der Waals surface area contributed by atoms with Gasteiger partial charge in [-0.2, -0.15) is 0 Å². The van der Waals surface area contributed by atoms with Crippen LogP contribution in [-0.2, 0) is 0 Å². The summed E-state index contributed by atoms with van der Waals surface area (Å²) in [5.74, 6) is 0.592. The van der Waals surface area contributed by atoms with E-state index in [-0.39, 0.29) is 0 Å². The lowest BCUT2D eigenvalue weighted by Gasteiger charge is -2.09. The van der Waals surface area contributed by atoms with Gasteiger partial charge in [0.1, 0.15) is 0 Å². The fourth-order valence-electron chi connectivity index (χ4n) is 1.03. The van der Waals surface area contributed by atoms with E-state index in [1.54, 1.807) is 11.3 Å². The van der Waals surface area contributed by atoms with Crippen molar-refractivity contribution < 1.29 is 0 Å². The molecule has 1 aromatic heterocycles. The molecule has 0 unspecified atom stereocenters. The Morgan fingerprint density at radius 1 is 1.62 bits per heavy atom. The Morgan fingerprint density at radius 3 is 3.08 bits per heavy atom. The molecule has 0 radical (unpaired) electrons. The molecule has 1 heterocycles. The number of nitrogens with one attached hydrogen (secondary N) is 1. The maximum atomic E-state index is 5.50. The van der Waals surface area contributed by atoms with Gasteiger partial charge in [-0.3, -0.25) is 0 Å². The first-order valence-corrected chi connectivity index (χ1v) is 5.73. The maximum absolute atomic E-state index is 5.50. The molecule has 0 amide bonds. The molecule has 0 aromatic carbocycles. The second-order valence-electron chi connectivity index (χ2n) is 2.77. The van der Waals surface area contributed by atoms with Crippen LogP contribution in [0.2, 0.25) is 0 Å². The van der Waals surface area contributed by atoms with Crippen LogP contribution in [0.15, 0.2) is 29.7 Å². The third-order valence-corrected chi connectivity index (χ3v) is 3.00. The van der Waals surface area contributed by atoms with E-state index in [4.69, 9.17) is 11.6 Å². The Kier molecular flexibility index (Phi) is 5.13. The van der Waals surface area contributed by atoms with Gasteiger partial charge < -0.3 is 5.32 Å². The van der Waals surface area contributed by atoms with Crippen molar-refractivity contribution in [3.05, 3.63) is 34.5 Å². The van der Waals surface area contributed by atoms with Crippen molar-refractivity contribution >= 4 is 22.9 Å². The van der Waals surface area contributed by atoms with E-state index in [1.807, 2.05) is 6.08 Å². The van der Waals surface area contributed by atoms with Crippen LogP contribution < -0.4 is 5.32 Å². The Balaban J connectivity index is 2.26. The molecule has 1 atom stereocenters. The summed E-state index contributed by atoms with van der Waals surface area (Å²) in [5.41, 5.74) is 0. The number of thiophene rings is 1. The van der Waals surface area contributed by atoms with Crippen LogP contribution >= 0.6 is 22.9 Å². The van der Waals surface area contributed by atoms with Crippen LogP contribution in [0, 0.1) is 0 Å². The second-order valence-corrected chi connectivity index (χ2v) is 4.06. The molecule has 72 valence electrons. The van der Waals surface area contributed by atoms with Gasteiger partial charge in [0.2, 0.25) is 0 Å². The van der Waals surface area contributed by atoms with Crippen LogP contribution in [0.4, 0.5) is 0 Å². The fourth-order valence-corrected chi connectivity index (χ4v) is 1.91. The summed E-state index contributed by atoms with van der Waals surface area (Å²) in [6.07, 6.45) is 4.01. The molecule has 0 spiro atoms. The predicted octanol–water partition coefficient (Wildman–Crippen LogP) is 3.19. The highest BCUT2D eigenvalue weighted by atomic mass is 35.5. The first-order valence-electron chi connectivity index (χ1n) is 4.32. The van der Waals surface area contributed by atoms with E-state index in [2.05, 4.69) is 35.8 Å². The van der Waals surface area contributed by atoms with Crippen LogP contribution in [0.1, 0.15) is 17.8 Å². The molecular weight excluding hydrogens is 202 g/mol. The number of alkyl halides is 1. The number of halogens is 1. The second kappa shape index (κ2) is 6.19. The molecule has 0 saturated carbocycles. The molecule has 0 saturated heterocycles. The van der Waals surface area contributed by atoms with Crippen LogP contribution in [0.3, 0.4) is 0 Å². The zero-order valence-electron chi connectivity index (χ0n) is 7.66. The molecule has 0 fully saturated rings.